The van der Waals surface area contributed by atoms with Gasteiger partial charge in [0.15, 0.2) is 8.32 Å². The lowest BCUT2D eigenvalue weighted by Gasteiger charge is -2.47. The fraction of sp³-hybridized carbons (Fsp3) is 0.857. The molecule has 0 spiro atoms. The van der Waals surface area contributed by atoms with Gasteiger partial charge in [-0.15, -0.1) is 6.58 Å². The third kappa shape index (κ3) is 3.56. The third-order valence-electron chi connectivity index (χ3n) is 4.63. The molecule has 1 fully saturated rings. The SMILES string of the molecule is C=C[Si](C)(O[Si](C)(C)C(C)(C)C)N1CCCCC1. The van der Waals surface area contributed by atoms with Crippen molar-refractivity contribution >= 4 is 16.8 Å². The minimum Gasteiger partial charge on any atom is -0.441 e. The summed E-state index contributed by atoms with van der Waals surface area (Å²) in [6.45, 7) is 20.5. The van der Waals surface area contributed by atoms with Crippen LogP contribution in [-0.4, -0.2) is 34.5 Å². The highest BCUT2D eigenvalue weighted by Crippen LogP contribution is 2.39. The van der Waals surface area contributed by atoms with Crippen molar-refractivity contribution in [2.24, 2.45) is 0 Å². The Hall–Kier alpha value is 0.0938. The van der Waals surface area contributed by atoms with E-state index in [9.17, 15) is 0 Å². The molecule has 0 aromatic carbocycles. The monoisotopic (exact) mass is 285 g/mol. The molecule has 0 N–H and O–H groups in total. The lowest BCUT2D eigenvalue weighted by atomic mass is 10.2. The maximum atomic E-state index is 6.76. The summed E-state index contributed by atoms with van der Waals surface area (Å²) in [4.78, 5) is 0. The van der Waals surface area contributed by atoms with Crippen LogP contribution in [0.2, 0.25) is 24.7 Å². The highest BCUT2D eigenvalue weighted by atomic mass is 28.4. The van der Waals surface area contributed by atoms with Crippen LogP contribution < -0.4 is 0 Å². The Morgan fingerprint density at radius 3 is 1.94 bits per heavy atom. The first kappa shape index (κ1) is 16.1. The highest BCUT2D eigenvalue weighted by molar-refractivity contribution is 6.87. The summed E-state index contributed by atoms with van der Waals surface area (Å²) >= 11 is 0. The van der Waals surface area contributed by atoms with E-state index in [0.717, 1.165) is 0 Å². The minimum atomic E-state index is -1.91. The summed E-state index contributed by atoms with van der Waals surface area (Å²) in [5.41, 5.74) is 2.14. The van der Waals surface area contributed by atoms with E-state index in [2.05, 4.69) is 57.3 Å². The van der Waals surface area contributed by atoms with Gasteiger partial charge >= 0.3 is 0 Å². The Labute approximate surface area is 116 Å². The molecule has 4 heteroatoms. The lowest BCUT2D eigenvalue weighted by Crippen LogP contribution is -2.61. The number of hydrogen-bond acceptors (Lipinski definition) is 2. The van der Waals surface area contributed by atoms with Crippen LogP contribution in [0, 0.1) is 0 Å². The molecule has 0 amide bonds. The quantitative estimate of drug-likeness (QED) is 0.714. The molecule has 0 aromatic rings. The molecule has 0 radical (unpaired) electrons. The average Bonchev–Trinajstić information content (AvgIpc) is 2.28. The first-order valence-electron chi connectivity index (χ1n) is 7.21. The fourth-order valence-corrected chi connectivity index (χ4v) is 9.91. The summed E-state index contributed by atoms with van der Waals surface area (Å²) in [6, 6.07) is 0. The van der Waals surface area contributed by atoms with Crippen molar-refractivity contribution in [3.05, 3.63) is 12.3 Å². The van der Waals surface area contributed by atoms with Crippen molar-refractivity contribution in [2.45, 2.75) is 64.7 Å². The van der Waals surface area contributed by atoms with Gasteiger partial charge in [0.25, 0.3) is 8.48 Å². The summed E-state index contributed by atoms with van der Waals surface area (Å²) in [7, 11) is -3.61. The van der Waals surface area contributed by atoms with Crippen LogP contribution in [0.4, 0.5) is 0 Å². The molecule has 1 aliphatic rings. The van der Waals surface area contributed by atoms with Gasteiger partial charge in [-0.25, -0.2) is 0 Å². The maximum absolute atomic E-state index is 6.76. The van der Waals surface area contributed by atoms with E-state index in [-0.39, 0.29) is 5.04 Å². The van der Waals surface area contributed by atoms with Crippen molar-refractivity contribution in [3.63, 3.8) is 0 Å². The molecule has 1 rings (SSSR count). The zero-order valence-corrected chi connectivity index (χ0v) is 15.2. The second kappa shape index (κ2) is 5.61. The Morgan fingerprint density at radius 1 is 1.06 bits per heavy atom. The van der Waals surface area contributed by atoms with Crippen LogP contribution in [-0.2, 0) is 4.12 Å². The van der Waals surface area contributed by atoms with E-state index >= 15 is 0 Å². The second-order valence-corrected chi connectivity index (χ2v) is 15.7. The first-order chi connectivity index (χ1) is 8.12. The fourth-order valence-electron chi connectivity index (χ4n) is 2.24. The minimum absolute atomic E-state index is 0.278. The van der Waals surface area contributed by atoms with Gasteiger partial charge in [-0.3, -0.25) is 4.57 Å². The van der Waals surface area contributed by atoms with Crippen molar-refractivity contribution in [2.75, 3.05) is 13.1 Å². The van der Waals surface area contributed by atoms with Crippen LogP contribution >= 0.6 is 0 Å². The molecule has 1 aliphatic heterocycles. The van der Waals surface area contributed by atoms with Gasteiger partial charge < -0.3 is 4.12 Å². The molecule has 0 aliphatic carbocycles. The third-order valence-corrected chi connectivity index (χ3v) is 14.4. The molecule has 1 unspecified atom stereocenters. The second-order valence-electron chi connectivity index (χ2n) is 7.17. The molecule has 1 saturated heterocycles. The van der Waals surface area contributed by atoms with Crippen LogP contribution in [0.1, 0.15) is 40.0 Å². The van der Waals surface area contributed by atoms with Gasteiger partial charge in [-0.05, 0) is 50.6 Å². The maximum Gasteiger partial charge on any atom is 0.283 e. The Morgan fingerprint density at radius 2 is 1.56 bits per heavy atom. The number of nitrogens with zero attached hydrogens (tertiary/aromatic N) is 1. The molecule has 0 aromatic heterocycles. The summed E-state index contributed by atoms with van der Waals surface area (Å²) in [5.74, 6) is 0. The molecular weight excluding hydrogens is 254 g/mol. The Bertz CT molecular complexity index is 293. The predicted molar refractivity (Wildman–Crippen MR) is 85.5 cm³/mol. The lowest BCUT2D eigenvalue weighted by molar-refractivity contribution is 0.297. The largest absolute Gasteiger partial charge is 0.441 e. The van der Waals surface area contributed by atoms with Gasteiger partial charge in [0, 0.05) is 0 Å². The van der Waals surface area contributed by atoms with Gasteiger partial charge in [0.05, 0.1) is 0 Å². The molecule has 1 heterocycles. The normalized spacial score (nSPS) is 22.6. The van der Waals surface area contributed by atoms with Gasteiger partial charge in [0.2, 0.25) is 0 Å². The van der Waals surface area contributed by atoms with E-state index in [0.29, 0.717) is 0 Å². The molecule has 106 valence electrons. The predicted octanol–water partition coefficient (Wildman–Crippen LogP) is 4.29. The highest BCUT2D eigenvalue weighted by Gasteiger charge is 2.45. The van der Waals surface area contributed by atoms with Crippen molar-refractivity contribution in [1.82, 2.24) is 4.57 Å². The summed E-state index contributed by atoms with van der Waals surface area (Å²) in [5, 5.41) is 0.278. The standard InChI is InChI=1S/C14H31NOSi2/c1-8-18(7,15-12-10-9-11-13-15)16-17(5,6)14(2,3)4/h8H,1,9-13H2,2-7H3. The molecular formula is C14H31NOSi2. The van der Waals surface area contributed by atoms with Gasteiger partial charge in [-0.1, -0.05) is 32.9 Å². The smallest absolute Gasteiger partial charge is 0.283 e. The van der Waals surface area contributed by atoms with E-state index in [1.807, 2.05) is 0 Å². The zero-order chi connectivity index (χ0) is 14.0. The zero-order valence-electron chi connectivity index (χ0n) is 13.2. The first-order valence-corrected chi connectivity index (χ1v) is 12.6. The summed E-state index contributed by atoms with van der Waals surface area (Å²) < 4.78 is 9.37. The molecule has 18 heavy (non-hydrogen) atoms. The van der Waals surface area contributed by atoms with Crippen molar-refractivity contribution in [3.8, 4) is 0 Å². The molecule has 2 nitrogen and oxygen atoms in total. The van der Waals surface area contributed by atoms with Crippen LogP contribution in [0.25, 0.3) is 0 Å². The topological polar surface area (TPSA) is 12.5 Å². The van der Waals surface area contributed by atoms with E-state index in [1.165, 1.54) is 32.4 Å². The van der Waals surface area contributed by atoms with Crippen molar-refractivity contribution < 1.29 is 4.12 Å². The molecule has 0 saturated carbocycles. The number of rotatable bonds is 4. The Kier molecular flexibility index (Phi) is 5.03. The molecule has 0 bridgehead atoms. The Balaban J connectivity index is 2.85. The number of hydrogen-bond donors (Lipinski definition) is 0. The molecule has 1 atom stereocenters. The van der Waals surface area contributed by atoms with E-state index < -0.39 is 16.8 Å². The number of piperidine rings is 1. The summed E-state index contributed by atoms with van der Waals surface area (Å²) in [6.07, 6.45) is 4.01. The van der Waals surface area contributed by atoms with Gasteiger partial charge in [0.1, 0.15) is 0 Å². The van der Waals surface area contributed by atoms with Crippen LogP contribution in [0.15, 0.2) is 12.3 Å². The van der Waals surface area contributed by atoms with Gasteiger partial charge in [-0.2, -0.15) is 0 Å². The van der Waals surface area contributed by atoms with Crippen molar-refractivity contribution in [1.29, 1.82) is 0 Å². The van der Waals surface area contributed by atoms with E-state index in [4.69, 9.17) is 4.12 Å². The van der Waals surface area contributed by atoms with Crippen LogP contribution in [0.3, 0.4) is 0 Å². The van der Waals surface area contributed by atoms with Crippen LogP contribution in [0.5, 0.6) is 0 Å². The van der Waals surface area contributed by atoms with E-state index in [1.54, 1.807) is 0 Å². The average molecular weight is 286 g/mol.